The third kappa shape index (κ3) is 3.55. The van der Waals surface area contributed by atoms with E-state index in [4.69, 9.17) is 11.6 Å². The van der Waals surface area contributed by atoms with Crippen molar-refractivity contribution < 1.29 is 14.7 Å². The minimum atomic E-state index is -1.16. The number of carbonyl (C=O) groups is 2. The van der Waals surface area contributed by atoms with Gasteiger partial charge in [0.25, 0.3) is 11.8 Å². The fourth-order valence-corrected chi connectivity index (χ4v) is 4.70. The number of aliphatic hydroxyl groups is 1. The first-order valence-electron chi connectivity index (χ1n) is 10.8. The average Bonchev–Trinajstić information content (AvgIpc) is 3.49. The van der Waals surface area contributed by atoms with E-state index in [-0.39, 0.29) is 11.8 Å². The Bertz CT molecular complexity index is 1240. The van der Waals surface area contributed by atoms with Crippen molar-refractivity contribution in [2.75, 3.05) is 26.2 Å². The lowest BCUT2D eigenvalue weighted by molar-refractivity contribution is -0.143. The van der Waals surface area contributed by atoms with Crippen LogP contribution in [-0.4, -0.2) is 68.3 Å². The fraction of sp³-hybridized carbons (Fsp3) is 0.375. The quantitative estimate of drug-likeness (QED) is 0.662. The topological polar surface area (TPSA) is 78.7 Å². The summed E-state index contributed by atoms with van der Waals surface area (Å²) in [6, 6.07) is 11.5. The zero-order valence-corrected chi connectivity index (χ0v) is 18.9. The molecule has 0 bridgehead atoms. The van der Waals surface area contributed by atoms with E-state index in [1.54, 1.807) is 21.9 Å². The summed E-state index contributed by atoms with van der Waals surface area (Å²) in [5.41, 5.74) is 3.22. The van der Waals surface area contributed by atoms with E-state index < -0.39 is 5.60 Å². The number of nitrogens with zero attached hydrogens (tertiary/aromatic N) is 4. The summed E-state index contributed by atoms with van der Waals surface area (Å²) >= 11 is 6.59. The number of fused-ring (bicyclic) bond motifs is 1. The first-order chi connectivity index (χ1) is 15.3. The molecule has 2 amide bonds. The van der Waals surface area contributed by atoms with Gasteiger partial charge in [-0.2, -0.15) is 5.10 Å². The van der Waals surface area contributed by atoms with Crippen molar-refractivity contribution in [1.82, 2.24) is 19.6 Å². The molecule has 1 saturated heterocycles. The van der Waals surface area contributed by atoms with E-state index >= 15 is 0 Å². The molecule has 3 aromatic rings. The van der Waals surface area contributed by atoms with Crippen LogP contribution in [0.3, 0.4) is 0 Å². The van der Waals surface area contributed by atoms with Gasteiger partial charge in [-0.1, -0.05) is 23.7 Å². The Hall–Kier alpha value is -2.90. The summed E-state index contributed by atoms with van der Waals surface area (Å²) in [5, 5.41) is 16.1. The van der Waals surface area contributed by atoms with Crippen LogP contribution in [0.5, 0.6) is 0 Å². The Morgan fingerprint density at radius 1 is 1.03 bits per heavy atom. The second kappa shape index (κ2) is 7.60. The summed E-state index contributed by atoms with van der Waals surface area (Å²) in [7, 11) is 1.92. The van der Waals surface area contributed by atoms with Crippen LogP contribution in [0.2, 0.25) is 5.02 Å². The van der Waals surface area contributed by atoms with Crippen molar-refractivity contribution in [3.05, 3.63) is 52.7 Å². The Labute approximate surface area is 191 Å². The Balaban J connectivity index is 1.32. The van der Waals surface area contributed by atoms with Crippen LogP contribution >= 0.6 is 11.6 Å². The lowest BCUT2D eigenvalue weighted by Gasteiger charge is -2.35. The van der Waals surface area contributed by atoms with Crippen LogP contribution in [0.25, 0.3) is 22.0 Å². The molecule has 1 saturated carbocycles. The molecule has 2 aliphatic rings. The van der Waals surface area contributed by atoms with Gasteiger partial charge in [0.15, 0.2) is 0 Å². The number of amides is 2. The highest BCUT2D eigenvalue weighted by molar-refractivity contribution is 6.33. The maximum absolute atomic E-state index is 13.0. The smallest absolute Gasteiger partial charge is 0.254 e. The van der Waals surface area contributed by atoms with Gasteiger partial charge in [0.05, 0.1) is 11.2 Å². The molecule has 1 aromatic heterocycles. The van der Waals surface area contributed by atoms with E-state index in [0.29, 0.717) is 49.6 Å². The fourth-order valence-electron chi connectivity index (χ4n) is 4.41. The second-order valence-electron chi connectivity index (χ2n) is 8.75. The van der Waals surface area contributed by atoms with Crippen molar-refractivity contribution in [3.63, 3.8) is 0 Å². The molecular weight excluding hydrogens is 428 g/mol. The molecule has 2 heterocycles. The highest BCUT2D eigenvalue weighted by Crippen LogP contribution is 2.37. The zero-order valence-electron chi connectivity index (χ0n) is 18.1. The number of piperazine rings is 1. The van der Waals surface area contributed by atoms with Gasteiger partial charge in [0.2, 0.25) is 0 Å². The number of halogens is 1. The molecule has 8 heteroatoms. The lowest BCUT2D eigenvalue weighted by Crippen LogP contribution is -2.53. The number of hydrogen-bond donors (Lipinski definition) is 1. The average molecular weight is 453 g/mol. The molecule has 1 N–H and O–H groups in total. The highest BCUT2D eigenvalue weighted by atomic mass is 35.5. The Morgan fingerprint density at radius 3 is 2.38 bits per heavy atom. The predicted octanol–water partition coefficient (Wildman–Crippen LogP) is 3.01. The summed E-state index contributed by atoms with van der Waals surface area (Å²) in [6.07, 6.45) is 1.06. The standard InChI is InChI=1S/C24H25ClN4O3/c1-15-19-13-16(4-6-21(19)27(2)26-15)18-5-3-17(14-20(18)25)22(30)28-9-11-29(12-10-28)23(31)24(32)7-8-24/h3-6,13-14,32H,7-12H2,1-2H3. The normalized spacial score (nSPS) is 17.6. The van der Waals surface area contributed by atoms with E-state index in [1.165, 1.54) is 0 Å². The van der Waals surface area contributed by atoms with Gasteiger partial charge in [0.1, 0.15) is 5.60 Å². The molecular formula is C24H25ClN4O3. The van der Waals surface area contributed by atoms with Crippen molar-refractivity contribution in [1.29, 1.82) is 0 Å². The van der Waals surface area contributed by atoms with Crippen molar-refractivity contribution in [2.24, 2.45) is 7.05 Å². The first-order valence-corrected chi connectivity index (χ1v) is 11.2. The summed E-state index contributed by atoms with van der Waals surface area (Å²) < 4.78 is 1.86. The molecule has 2 aromatic carbocycles. The van der Waals surface area contributed by atoms with Crippen molar-refractivity contribution in [2.45, 2.75) is 25.4 Å². The van der Waals surface area contributed by atoms with Crippen LogP contribution in [0.4, 0.5) is 0 Å². The monoisotopic (exact) mass is 452 g/mol. The van der Waals surface area contributed by atoms with E-state index in [0.717, 1.165) is 27.7 Å². The lowest BCUT2D eigenvalue weighted by atomic mass is 10.0. The molecule has 1 aliphatic heterocycles. The van der Waals surface area contributed by atoms with Crippen LogP contribution in [0.15, 0.2) is 36.4 Å². The highest BCUT2D eigenvalue weighted by Gasteiger charge is 2.50. The zero-order chi connectivity index (χ0) is 22.6. The van der Waals surface area contributed by atoms with Gasteiger partial charge in [-0.25, -0.2) is 0 Å². The van der Waals surface area contributed by atoms with Gasteiger partial charge in [-0.05, 0) is 49.6 Å². The molecule has 7 nitrogen and oxygen atoms in total. The third-order valence-corrected chi connectivity index (χ3v) is 6.85. The van der Waals surface area contributed by atoms with E-state index in [2.05, 4.69) is 11.2 Å². The molecule has 2 fully saturated rings. The second-order valence-corrected chi connectivity index (χ2v) is 9.16. The molecule has 0 spiro atoms. The number of aryl methyl sites for hydroxylation is 2. The maximum atomic E-state index is 13.0. The summed E-state index contributed by atoms with van der Waals surface area (Å²) in [5.74, 6) is -0.313. The number of rotatable bonds is 3. The van der Waals surface area contributed by atoms with E-state index in [9.17, 15) is 14.7 Å². The number of carbonyl (C=O) groups excluding carboxylic acids is 2. The molecule has 166 valence electrons. The van der Waals surface area contributed by atoms with Gasteiger partial charge < -0.3 is 14.9 Å². The number of hydrogen-bond acceptors (Lipinski definition) is 4. The molecule has 32 heavy (non-hydrogen) atoms. The summed E-state index contributed by atoms with van der Waals surface area (Å²) in [6.45, 7) is 3.73. The maximum Gasteiger partial charge on any atom is 0.254 e. The van der Waals surface area contributed by atoms with Crippen LogP contribution in [-0.2, 0) is 11.8 Å². The SMILES string of the molecule is Cc1nn(C)c2ccc(-c3ccc(C(=O)N4CCN(C(=O)C5(O)CC5)CC4)cc3Cl)cc12. The molecule has 0 unspecified atom stereocenters. The molecule has 5 rings (SSSR count). The first kappa shape index (κ1) is 21.0. The van der Waals surface area contributed by atoms with Crippen LogP contribution < -0.4 is 0 Å². The van der Waals surface area contributed by atoms with E-state index in [1.807, 2.05) is 36.9 Å². The minimum Gasteiger partial charge on any atom is -0.380 e. The minimum absolute atomic E-state index is 0.103. The van der Waals surface area contributed by atoms with Gasteiger partial charge in [-0.3, -0.25) is 14.3 Å². The molecule has 1 aliphatic carbocycles. The predicted molar refractivity (Wildman–Crippen MR) is 123 cm³/mol. The van der Waals surface area contributed by atoms with Crippen molar-refractivity contribution in [3.8, 4) is 11.1 Å². The molecule has 0 atom stereocenters. The third-order valence-electron chi connectivity index (χ3n) is 6.54. The van der Waals surface area contributed by atoms with Crippen LogP contribution in [0.1, 0.15) is 28.9 Å². The van der Waals surface area contributed by atoms with Gasteiger partial charge >= 0.3 is 0 Å². The largest absolute Gasteiger partial charge is 0.380 e. The van der Waals surface area contributed by atoms with Gasteiger partial charge in [0, 0.05) is 54.8 Å². The van der Waals surface area contributed by atoms with Gasteiger partial charge in [-0.15, -0.1) is 0 Å². The Morgan fingerprint density at radius 2 is 1.72 bits per heavy atom. The van der Waals surface area contributed by atoms with Crippen molar-refractivity contribution >= 4 is 34.3 Å². The number of aromatic nitrogens is 2. The Kier molecular flexibility index (Phi) is 4.98. The van der Waals surface area contributed by atoms with Crippen LogP contribution in [0, 0.1) is 6.92 Å². The number of benzene rings is 2. The molecule has 0 radical (unpaired) electrons. The summed E-state index contributed by atoms with van der Waals surface area (Å²) in [4.78, 5) is 28.7.